The molecule has 0 aromatic carbocycles. The van der Waals surface area contributed by atoms with E-state index in [2.05, 4.69) is 0 Å². The summed E-state index contributed by atoms with van der Waals surface area (Å²) >= 11 is 0. The first-order valence-corrected chi connectivity index (χ1v) is 4.34. The summed E-state index contributed by atoms with van der Waals surface area (Å²) in [6.07, 6.45) is -0.320. The Balaban J connectivity index is 2.16. The van der Waals surface area contributed by atoms with Crippen LogP contribution in [0, 0.1) is 0 Å². The quantitative estimate of drug-likeness (QED) is 0.566. The zero-order valence-electron chi connectivity index (χ0n) is 6.91. The van der Waals surface area contributed by atoms with Gasteiger partial charge in [0.05, 0.1) is 12.7 Å². The third-order valence-corrected chi connectivity index (χ3v) is 3.03. The van der Waals surface area contributed by atoms with Crippen LogP contribution in [0.25, 0.3) is 0 Å². The summed E-state index contributed by atoms with van der Waals surface area (Å²) in [6, 6.07) is 0. The Morgan fingerprint density at radius 1 is 1.42 bits per heavy atom. The Bertz CT molecular complexity index is 174. The van der Waals surface area contributed by atoms with Crippen molar-refractivity contribution < 1.29 is 14.6 Å². The second-order valence-electron chi connectivity index (χ2n) is 3.95. The van der Waals surface area contributed by atoms with Gasteiger partial charge in [-0.15, -0.1) is 0 Å². The summed E-state index contributed by atoms with van der Waals surface area (Å²) in [5.41, 5.74) is -0.446. The molecule has 2 fully saturated rings. The first-order valence-electron chi connectivity index (χ1n) is 4.34. The molecule has 1 unspecified atom stereocenters. The SMILES string of the molecule is OC[C@@]12CC(O)CN1C[C@H](F)C2. The Labute approximate surface area is 70.8 Å². The van der Waals surface area contributed by atoms with Gasteiger partial charge in [-0.3, -0.25) is 4.90 Å². The van der Waals surface area contributed by atoms with Crippen LogP contribution in [0.15, 0.2) is 0 Å². The van der Waals surface area contributed by atoms with Gasteiger partial charge in [-0.25, -0.2) is 4.39 Å². The molecule has 4 heteroatoms. The van der Waals surface area contributed by atoms with Gasteiger partial charge in [-0.2, -0.15) is 0 Å². The van der Waals surface area contributed by atoms with Gasteiger partial charge in [-0.1, -0.05) is 0 Å². The van der Waals surface area contributed by atoms with Gasteiger partial charge >= 0.3 is 0 Å². The highest BCUT2D eigenvalue weighted by Gasteiger charge is 2.51. The van der Waals surface area contributed by atoms with Crippen LogP contribution in [0.1, 0.15) is 12.8 Å². The smallest absolute Gasteiger partial charge is 0.115 e. The normalized spacial score (nSPS) is 48.2. The molecule has 0 radical (unpaired) electrons. The van der Waals surface area contributed by atoms with E-state index in [1.165, 1.54) is 0 Å². The number of nitrogens with zero attached hydrogens (tertiary/aromatic N) is 1. The largest absolute Gasteiger partial charge is 0.394 e. The van der Waals surface area contributed by atoms with E-state index in [9.17, 15) is 9.50 Å². The second kappa shape index (κ2) is 2.65. The van der Waals surface area contributed by atoms with E-state index in [4.69, 9.17) is 5.11 Å². The van der Waals surface area contributed by atoms with Crippen LogP contribution < -0.4 is 0 Å². The fourth-order valence-electron chi connectivity index (χ4n) is 2.51. The Kier molecular flexibility index (Phi) is 1.86. The highest BCUT2D eigenvalue weighted by atomic mass is 19.1. The predicted molar refractivity (Wildman–Crippen MR) is 41.5 cm³/mol. The summed E-state index contributed by atoms with van der Waals surface area (Å²) < 4.78 is 13.0. The van der Waals surface area contributed by atoms with Crippen LogP contribution in [-0.4, -0.2) is 52.6 Å². The molecular formula is C8H14FNO2. The molecule has 2 aliphatic rings. The topological polar surface area (TPSA) is 43.7 Å². The summed E-state index contributed by atoms with van der Waals surface area (Å²) in [7, 11) is 0. The lowest BCUT2D eigenvalue weighted by molar-refractivity contribution is 0.0985. The van der Waals surface area contributed by atoms with E-state index < -0.39 is 11.7 Å². The molecule has 0 saturated carbocycles. The minimum Gasteiger partial charge on any atom is -0.394 e. The van der Waals surface area contributed by atoms with Crippen molar-refractivity contribution in [3.05, 3.63) is 0 Å². The molecule has 0 aromatic heterocycles. The van der Waals surface area contributed by atoms with Crippen molar-refractivity contribution in [3.63, 3.8) is 0 Å². The molecule has 3 nitrogen and oxygen atoms in total. The van der Waals surface area contributed by atoms with E-state index in [1.807, 2.05) is 4.90 Å². The highest BCUT2D eigenvalue weighted by molar-refractivity contribution is 5.06. The van der Waals surface area contributed by atoms with Crippen molar-refractivity contribution in [2.24, 2.45) is 0 Å². The van der Waals surface area contributed by atoms with Gasteiger partial charge in [0.15, 0.2) is 0 Å². The van der Waals surface area contributed by atoms with Crippen molar-refractivity contribution in [2.75, 3.05) is 19.7 Å². The van der Waals surface area contributed by atoms with Crippen molar-refractivity contribution >= 4 is 0 Å². The zero-order chi connectivity index (χ0) is 8.77. The molecular weight excluding hydrogens is 161 g/mol. The van der Waals surface area contributed by atoms with Gasteiger partial charge in [0, 0.05) is 25.0 Å². The molecule has 0 bridgehead atoms. The van der Waals surface area contributed by atoms with Crippen LogP contribution in [0.5, 0.6) is 0 Å². The van der Waals surface area contributed by atoms with Gasteiger partial charge in [0.2, 0.25) is 0 Å². The van der Waals surface area contributed by atoms with Crippen molar-refractivity contribution in [1.29, 1.82) is 0 Å². The fraction of sp³-hybridized carbons (Fsp3) is 1.00. The molecule has 0 spiro atoms. The maximum atomic E-state index is 13.0. The Hall–Kier alpha value is -0.190. The number of aliphatic hydroxyl groups excluding tert-OH is 2. The second-order valence-corrected chi connectivity index (χ2v) is 3.95. The van der Waals surface area contributed by atoms with Crippen molar-refractivity contribution in [1.82, 2.24) is 4.90 Å². The highest BCUT2D eigenvalue weighted by Crippen LogP contribution is 2.39. The lowest BCUT2D eigenvalue weighted by Crippen LogP contribution is -2.41. The standard InChI is InChI=1S/C8H14FNO2/c9-6-1-8(5-11)2-7(12)4-10(8)3-6/h6-7,11-12H,1-5H2/t6-,7?,8-/m1/s1. The molecule has 2 aliphatic heterocycles. The minimum absolute atomic E-state index is 0.0372. The predicted octanol–water partition coefficient (Wildman–Crippen LogP) is -0.474. The molecule has 70 valence electrons. The Morgan fingerprint density at radius 3 is 2.75 bits per heavy atom. The van der Waals surface area contributed by atoms with Crippen LogP contribution in [0.2, 0.25) is 0 Å². The molecule has 0 amide bonds. The third-order valence-electron chi connectivity index (χ3n) is 3.03. The average Bonchev–Trinajstić information content (AvgIpc) is 2.40. The third kappa shape index (κ3) is 1.06. The molecule has 2 rings (SSSR count). The minimum atomic E-state index is -0.829. The molecule has 0 aromatic rings. The number of halogens is 1. The van der Waals surface area contributed by atoms with E-state index in [0.717, 1.165) is 0 Å². The van der Waals surface area contributed by atoms with Crippen LogP contribution in [0.3, 0.4) is 0 Å². The van der Waals surface area contributed by atoms with E-state index in [-0.39, 0.29) is 12.7 Å². The summed E-state index contributed by atoms with van der Waals surface area (Å²) in [5, 5.41) is 18.5. The maximum Gasteiger partial charge on any atom is 0.115 e. The summed E-state index contributed by atoms with van der Waals surface area (Å²) in [5.74, 6) is 0. The number of hydrogen-bond acceptors (Lipinski definition) is 3. The first-order chi connectivity index (χ1) is 5.66. The molecule has 12 heavy (non-hydrogen) atoms. The zero-order valence-corrected chi connectivity index (χ0v) is 6.91. The molecule has 2 N–H and O–H groups in total. The number of alkyl halides is 1. The monoisotopic (exact) mass is 175 g/mol. The number of aliphatic hydroxyl groups is 2. The first kappa shape index (κ1) is 8.41. The lowest BCUT2D eigenvalue weighted by Gasteiger charge is -2.28. The summed E-state index contributed by atoms with van der Waals surface area (Å²) in [6.45, 7) is 0.850. The number of rotatable bonds is 1. The summed E-state index contributed by atoms with van der Waals surface area (Å²) in [4.78, 5) is 1.88. The lowest BCUT2D eigenvalue weighted by atomic mass is 9.94. The van der Waals surface area contributed by atoms with Crippen LogP contribution in [-0.2, 0) is 0 Å². The van der Waals surface area contributed by atoms with Crippen molar-refractivity contribution in [2.45, 2.75) is 30.7 Å². The molecule has 2 saturated heterocycles. The number of fused-ring (bicyclic) bond motifs is 1. The average molecular weight is 175 g/mol. The van der Waals surface area contributed by atoms with E-state index in [1.54, 1.807) is 0 Å². The fourth-order valence-corrected chi connectivity index (χ4v) is 2.51. The van der Waals surface area contributed by atoms with Gasteiger partial charge in [0.25, 0.3) is 0 Å². The van der Waals surface area contributed by atoms with Gasteiger partial charge in [0.1, 0.15) is 6.17 Å². The Morgan fingerprint density at radius 2 is 2.17 bits per heavy atom. The van der Waals surface area contributed by atoms with Gasteiger partial charge in [-0.05, 0) is 6.42 Å². The van der Waals surface area contributed by atoms with E-state index in [0.29, 0.717) is 25.9 Å². The number of hydrogen-bond donors (Lipinski definition) is 2. The van der Waals surface area contributed by atoms with E-state index >= 15 is 0 Å². The molecule has 2 heterocycles. The van der Waals surface area contributed by atoms with Crippen LogP contribution >= 0.6 is 0 Å². The van der Waals surface area contributed by atoms with Gasteiger partial charge < -0.3 is 10.2 Å². The molecule has 3 atom stereocenters. The van der Waals surface area contributed by atoms with Crippen molar-refractivity contribution in [3.8, 4) is 0 Å². The maximum absolute atomic E-state index is 13.0. The van der Waals surface area contributed by atoms with Crippen LogP contribution in [0.4, 0.5) is 4.39 Å². The number of β-amino-alcohol motifs (C(OH)–C–C–N with tert-alkyl or cyclic N) is 1. The molecule has 0 aliphatic carbocycles.